The number of nitrogens with zero attached hydrogens (tertiary/aromatic N) is 1. The van der Waals surface area contributed by atoms with Gasteiger partial charge in [0.1, 0.15) is 0 Å². The maximum Gasteiger partial charge on any atom is 0.0629 e. The van der Waals surface area contributed by atoms with Crippen LogP contribution in [-0.4, -0.2) is 6.21 Å². The van der Waals surface area contributed by atoms with E-state index in [1.165, 1.54) is 5.56 Å². The molecule has 18 heavy (non-hydrogen) atoms. The number of aryl methyl sites for hydroxylation is 1. The molecule has 0 heterocycles. The lowest BCUT2D eigenvalue weighted by atomic mass is 10.1. The quantitative estimate of drug-likeness (QED) is 0.602. The topological polar surface area (TPSA) is 12.4 Å². The second-order valence-electron chi connectivity index (χ2n) is 4.03. The van der Waals surface area contributed by atoms with Crippen molar-refractivity contribution in [2.45, 2.75) is 11.8 Å². The molecule has 2 aromatic rings. The lowest BCUT2D eigenvalue weighted by Crippen LogP contribution is -1.90. The van der Waals surface area contributed by atoms with E-state index in [0.29, 0.717) is 0 Å². The number of hydrogen-bond acceptors (Lipinski definition) is 2. The molecule has 0 N–H and O–H groups in total. The maximum atomic E-state index is 4.55. The second-order valence-corrected chi connectivity index (χ2v) is 4.48. The van der Waals surface area contributed by atoms with Gasteiger partial charge >= 0.3 is 0 Å². The third-order valence-corrected chi connectivity index (χ3v) is 3.28. The Kier molecular flexibility index (Phi) is 4.00. The third-order valence-electron chi connectivity index (χ3n) is 2.78. The summed E-state index contributed by atoms with van der Waals surface area (Å²) >= 11 is 4.55. The molecule has 0 saturated heterocycles. The Labute approximate surface area is 113 Å². The predicted octanol–water partition coefficient (Wildman–Crippen LogP) is 4.68. The number of para-hydroxylation sites is 1. The molecular weight excluding hydrogens is 238 g/mol. The van der Waals surface area contributed by atoms with Crippen LogP contribution in [0.3, 0.4) is 0 Å². The Balaban J connectivity index is 2.36. The van der Waals surface area contributed by atoms with Crippen molar-refractivity contribution >= 4 is 30.6 Å². The van der Waals surface area contributed by atoms with Crippen LogP contribution in [0.2, 0.25) is 0 Å². The van der Waals surface area contributed by atoms with Gasteiger partial charge < -0.3 is 0 Å². The van der Waals surface area contributed by atoms with E-state index in [-0.39, 0.29) is 0 Å². The molecule has 0 fully saturated rings. The fourth-order valence-electron chi connectivity index (χ4n) is 1.75. The molecule has 1 nitrogen and oxygen atoms in total. The van der Waals surface area contributed by atoms with E-state index < -0.39 is 0 Å². The van der Waals surface area contributed by atoms with Crippen molar-refractivity contribution in [1.29, 1.82) is 0 Å². The van der Waals surface area contributed by atoms with Gasteiger partial charge in [0.05, 0.1) is 5.69 Å². The van der Waals surface area contributed by atoms with Crippen LogP contribution in [0.25, 0.3) is 6.08 Å². The standard InChI is InChI=1S/C16H15NS/c1-3-15-12(2)9-10-13(16(15)18)11-17-14-7-5-4-6-8-14/h3-11,18H,1H2,2H3. The van der Waals surface area contributed by atoms with Crippen LogP contribution in [-0.2, 0) is 0 Å². The number of benzene rings is 2. The van der Waals surface area contributed by atoms with Crippen molar-refractivity contribution in [3.63, 3.8) is 0 Å². The molecular formula is C16H15NS. The normalized spacial score (nSPS) is 10.8. The summed E-state index contributed by atoms with van der Waals surface area (Å²) in [6.07, 6.45) is 3.67. The molecule has 0 aromatic heterocycles. The first-order valence-corrected chi connectivity index (χ1v) is 6.21. The Morgan fingerprint density at radius 2 is 1.83 bits per heavy atom. The lowest BCUT2D eigenvalue weighted by Gasteiger charge is -2.07. The lowest BCUT2D eigenvalue weighted by molar-refractivity contribution is 1.32. The van der Waals surface area contributed by atoms with Gasteiger partial charge in [0.15, 0.2) is 0 Å². The van der Waals surface area contributed by atoms with Gasteiger partial charge in [-0.2, -0.15) is 0 Å². The summed E-state index contributed by atoms with van der Waals surface area (Å²) in [4.78, 5) is 5.36. The molecule has 0 aliphatic carbocycles. The largest absolute Gasteiger partial charge is 0.256 e. The molecule has 0 aliphatic rings. The summed E-state index contributed by atoms with van der Waals surface area (Å²) in [6.45, 7) is 5.87. The monoisotopic (exact) mass is 253 g/mol. The van der Waals surface area contributed by atoms with E-state index in [0.717, 1.165) is 21.7 Å². The van der Waals surface area contributed by atoms with E-state index in [1.54, 1.807) is 0 Å². The summed E-state index contributed by atoms with van der Waals surface area (Å²) in [6, 6.07) is 13.9. The minimum absolute atomic E-state index is 0.921. The number of aliphatic imine (C=N–C) groups is 1. The Morgan fingerprint density at radius 3 is 2.50 bits per heavy atom. The second kappa shape index (κ2) is 5.69. The van der Waals surface area contributed by atoms with Gasteiger partial charge in [-0.1, -0.05) is 43.0 Å². The smallest absolute Gasteiger partial charge is 0.0629 e. The number of rotatable bonds is 3. The fourth-order valence-corrected chi connectivity index (χ4v) is 2.15. The molecule has 0 saturated carbocycles. The maximum absolute atomic E-state index is 4.55. The van der Waals surface area contributed by atoms with Crippen molar-refractivity contribution in [2.75, 3.05) is 0 Å². The summed E-state index contributed by atoms with van der Waals surface area (Å²) < 4.78 is 0. The van der Waals surface area contributed by atoms with Crippen molar-refractivity contribution < 1.29 is 0 Å². The summed E-state index contributed by atoms with van der Waals surface area (Å²) in [5, 5.41) is 0. The van der Waals surface area contributed by atoms with Crippen molar-refractivity contribution in [1.82, 2.24) is 0 Å². The van der Waals surface area contributed by atoms with Crippen LogP contribution in [0.1, 0.15) is 16.7 Å². The Bertz CT molecular complexity index is 586. The highest BCUT2D eigenvalue weighted by atomic mass is 32.1. The summed E-state index contributed by atoms with van der Waals surface area (Å²) in [5.74, 6) is 0. The zero-order valence-electron chi connectivity index (χ0n) is 10.3. The molecule has 0 amide bonds. The first-order valence-electron chi connectivity index (χ1n) is 5.76. The van der Waals surface area contributed by atoms with Gasteiger partial charge in [-0.25, -0.2) is 0 Å². The molecule has 0 atom stereocenters. The minimum atomic E-state index is 0.921. The van der Waals surface area contributed by atoms with Crippen LogP contribution in [0.5, 0.6) is 0 Å². The average Bonchev–Trinajstić information content (AvgIpc) is 2.40. The van der Waals surface area contributed by atoms with Gasteiger partial charge in [-0.3, -0.25) is 4.99 Å². The molecule has 0 aliphatic heterocycles. The molecule has 0 unspecified atom stereocenters. The van der Waals surface area contributed by atoms with Crippen LogP contribution in [0, 0.1) is 6.92 Å². The van der Waals surface area contributed by atoms with Crippen LogP contribution < -0.4 is 0 Å². The van der Waals surface area contributed by atoms with Gasteiger partial charge in [0.25, 0.3) is 0 Å². The molecule has 2 heteroatoms. The molecule has 2 rings (SSSR count). The van der Waals surface area contributed by atoms with Crippen LogP contribution in [0.4, 0.5) is 5.69 Å². The molecule has 2 aromatic carbocycles. The highest BCUT2D eigenvalue weighted by Gasteiger charge is 2.03. The van der Waals surface area contributed by atoms with Crippen molar-refractivity contribution in [3.05, 3.63) is 65.7 Å². The van der Waals surface area contributed by atoms with E-state index in [1.807, 2.05) is 48.7 Å². The van der Waals surface area contributed by atoms with Gasteiger partial charge in [0.2, 0.25) is 0 Å². The first kappa shape index (κ1) is 12.7. The zero-order chi connectivity index (χ0) is 13.0. The minimum Gasteiger partial charge on any atom is -0.256 e. The van der Waals surface area contributed by atoms with E-state index in [2.05, 4.69) is 37.2 Å². The molecule has 90 valence electrons. The number of hydrogen-bond donors (Lipinski definition) is 1. The molecule has 0 spiro atoms. The van der Waals surface area contributed by atoms with Gasteiger partial charge in [-0.15, -0.1) is 12.6 Å². The van der Waals surface area contributed by atoms with E-state index in [9.17, 15) is 0 Å². The average molecular weight is 253 g/mol. The zero-order valence-corrected chi connectivity index (χ0v) is 11.2. The van der Waals surface area contributed by atoms with Crippen molar-refractivity contribution in [2.24, 2.45) is 4.99 Å². The van der Waals surface area contributed by atoms with Crippen LogP contribution >= 0.6 is 12.6 Å². The first-order chi connectivity index (χ1) is 8.72. The van der Waals surface area contributed by atoms with Gasteiger partial charge in [0, 0.05) is 16.7 Å². The van der Waals surface area contributed by atoms with Crippen LogP contribution in [0.15, 0.2) is 58.9 Å². The fraction of sp³-hybridized carbons (Fsp3) is 0.0625. The summed E-state index contributed by atoms with van der Waals surface area (Å²) in [7, 11) is 0. The molecule has 0 radical (unpaired) electrons. The highest BCUT2D eigenvalue weighted by Crippen LogP contribution is 2.23. The van der Waals surface area contributed by atoms with E-state index in [4.69, 9.17) is 0 Å². The Hall–Kier alpha value is -1.80. The molecule has 0 bridgehead atoms. The predicted molar refractivity (Wildman–Crippen MR) is 82.2 cm³/mol. The van der Waals surface area contributed by atoms with Gasteiger partial charge in [-0.05, 0) is 30.2 Å². The number of thiol groups is 1. The van der Waals surface area contributed by atoms with Crippen molar-refractivity contribution in [3.8, 4) is 0 Å². The summed E-state index contributed by atoms with van der Waals surface area (Å²) in [5.41, 5.74) is 4.18. The highest BCUT2D eigenvalue weighted by molar-refractivity contribution is 7.80. The van der Waals surface area contributed by atoms with E-state index >= 15 is 0 Å². The third kappa shape index (κ3) is 2.71. The Morgan fingerprint density at radius 1 is 1.11 bits per heavy atom. The SMILES string of the molecule is C=Cc1c(C)ccc(C=Nc2ccccc2)c1S.